The molecule has 1 unspecified atom stereocenters. The van der Waals surface area contributed by atoms with Crippen molar-refractivity contribution < 1.29 is 28.6 Å². The lowest BCUT2D eigenvalue weighted by molar-refractivity contribution is -0.167. The summed E-state index contributed by atoms with van der Waals surface area (Å²) < 4.78 is 16.8. The molecule has 72 heavy (non-hydrogen) atoms. The molecule has 0 saturated carbocycles. The first-order chi connectivity index (χ1) is 35.5. The number of ether oxygens (including phenoxy) is 3. The average molecular weight is 1000 g/mol. The summed E-state index contributed by atoms with van der Waals surface area (Å²) in [4.78, 5) is 38.1. The highest BCUT2D eigenvalue weighted by Gasteiger charge is 2.19. The molecule has 1 atom stereocenters. The van der Waals surface area contributed by atoms with Crippen LogP contribution in [-0.2, 0) is 28.6 Å². The van der Waals surface area contributed by atoms with Crippen LogP contribution in [0.5, 0.6) is 0 Å². The van der Waals surface area contributed by atoms with Crippen molar-refractivity contribution in [3.05, 3.63) is 85.1 Å². The van der Waals surface area contributed by atoms with Gasteiger partial charge in [0.15, 0.2) is 6.10 Å². The van der Waals surface area contributed by atoms with E-state index in [1.165, 1.54) is 148 Å². The van der Waals surface area contributed by atoms with Gasteiger partial charge >= 0.3 is 17.9 Å². The van der Waals surface area contributed by atoms with E-state index in [4.69, 9.17) is 14.2 Å². The Hall–Kier alpha value is -3.41. The number of esters is 3. The maximum absolute atomic E-state index is 12.9. The molecule has 0 N–H and O–H groups in total. The van der Waals surface area contributed by atoms with E-state index in [1.54, 1.807) is 0 Å². The van der Waals surface area contributed by atoms with Crippen LogP contribution in [0.1, 0.15) is 297 Å². The summed E-state index contributed by atoms with van der Waals surface area (Å²) in [6, 6.07) is 0. The SMILES string of the molecule is CC/C=C\C/C=C\C/C=C\C/C=C\C/C=C\C/C=C\CCCCCCC(=O)OCC(COC(=O)CCCCCCCCCC)OC(=O)CCCCCCCCCCCCC/C=C\CCCCCCCCCC. The molecule has 0 aliphatic rings. The fourth-order valence-corrected chi connectivity index (χ4v) is 8.56. The summed E-state index contributed by atoms with van der Waals surface area (Å²) in [5.41, 5.74) is 0. The van der Waals surface area contributed by atoms with Gasteiger partial charge in [0.1, 0.15) is 13.2 Å². The molecule has 0 bridgehead atoms. The summed E-state index contributed by atoms with van der Waals surface area (Å²) in [6.07, 6.45) is 78.8. The fourth-order valence-electron chi connectivity index (χ4n) is 8.56. The molecule has 6 heteroatoms. The molecule has 0 aromatic rings. The zero-order chi connectivity index (χ0) is 52.2. The van der Waals surface area contributed by atoms with Gasteiger partial charge in [-0.3, -0.25) is 14.4 Å². The summed E-state index contributed by atoms with van der Waals surface area (Å²) >= 11 is 0. The fraction of sp³-hybridized carbons (Fsp3) is 0.742. The predicted molar refractivity (Wildman–Crippen MR) is 311 cm³/mol. The Labute approximate surface area is 445 Å². The maximum Gasteiger partial charge on any atom is 0.306 e. The highest BCUT2D eigenvalue weighted by molar-refractivity contribution is 5.71. The number of carbonyl (C=O) groups is 3. The third-order valence-electron chi connectivity index (χ3n) is 13.1. The zero-order valence-electron chi connectivity index (χ0n) is 47.4. The molecule has 0 aliphatic carbocycles. The molecule has 0 radical (unpaired) electrons. The minimum atomic E-state index is -0.786. The number of rotatable bonds is 55. The van der Waals surface area contributed by atoms with E-state index in [0.717, 1.165) is 109 Å². The molecule has 0 aromatic heterocycles. The molecule has 0 heterocycles. The molecule has 0 fully saturated rings. The Bertz CT molecular complexity index is 1380. The Morgan fingerprint density at radius 2 is 0.542 bits per heavy atom. The van der Waals surface area contributed by atoms with Crippen molar-refractivity contribution in [2.75, 3.05) is 13.2 Å². The van der Waals surface area contributed by atoms with Crippen molar-refractivity contribution in [1.82, 2.24) is 0 Å². The first-order valence-corrected chi connectivity index (χ1v) is 30.6. The zero-order valence-corrected chi connectivity index (χ0v) is 47.4. The van der Waals surface area contributed by atoms with E-state index in [-0.39, 0.29) is 31.1 Å². The standard InChI is InChI=1S/C66H114O6/c1-4-7-10-13-16-19-21-23-25-27-29-31-33-35-37-39-41-43-45-47-50-53-56-59-65(68)71-62-63(61-70-64(67)58-55-52-49-18-15-12-9-6-3)72-66(69)60-57-54-51-48-46-44-42-40-38-36-34-32-30-28-26-24-22-20-17-14-11-8-5-2/h7,10,16,19,23,25,28-31,35,37,41,43,63H,4-6,8-9,11-15,17-18,20-22,24,26-27,32-34,36,38-40,42,44-62H2,1-3H3/b10-7-,19-16-,25-23-,30-28-,31-29-,37-35-,43-41-. The lowest BCUT2D eigenvalue weighted by atomic mass is 10.0. The third-order valence-corrected chi connectivity index (χ3v) is 13.1. The highest BCUT2D eigenvalue weighted by atomic mass is 16.6. The molecular formula is C66H114O6. The lowest BCUT2D eigenvalue weighted by Crippen LogP contribution is -2.30. The van der Waals surface area contributed by atoms with Gasteiger partial charge in [-0.1, -0.05) is 266 Å². The van der Waals surface area contributed by atoms with Gasteiger partial charge in [0, 0.05) is 19.3 Å². The Kier molecular flexibility index (Phi) is 57.3. The van der Waals surface area contributed by atoms with Gasteiger partial charge < -0.3 is 14.2 Å². The average Bonchev–Trinajstić information content (AvgIpc) is 3.38. The van der Waals surface area contributed by atoms with Crippen molar-refractivity contribution in [1.29, 1.82) is 0 Å². The topological polar surface area (TPSA) is 78.9 Å². The van der Waals surface area contributed by atoms with E-state index in [2.05, 4.69) is 106 Å². The second-order valence-electron chi connectivity index (χ2n) is 20.2. The van der Waals surface area contributed by atoms with Crippen LogP contribution >= 0.6 is 0 Å². The van der Waals surface area contributed by atoms with E-state index in [1.807, 2.05) is 0 Å². The smallest absolute Gasteiger partial charge is 0.306 e. The van der Waals surface area contributed by atoms with Gasteiger partial charge in [0.25, 0.3) is 0 Å². The molecule has 0 saturated heterocycles. The number of carbonyl (C=O) groups excluding carboxylic acids is 3. The molecule has 0 rings (SSSR count). The Morgan fingerprint density at radius 3 is 0.861 bits per heavy atom. The van der Waals surface area contributed by atoms with Crippen LogP contribution in [0.25, 0.3) is 0 Å². The first kappa shape index (κ1) is 68.6. The molecule has 0 spiro atoms. The third kappa shape index (κ3) is 57.5. The van der Waals surface area contributed by atoms with Crippen LogP contribution in [-0.4, -0.2) is 37.2 Å². The summed E-state index contributed by atoms with van der Waals surface area (Å²) in [6.45, 7) is 6.50. The second kappa shape index (κ2) is 60.1. The van der Waals surface area contributed by atoms with Gasteiger partial charge in [-0.15, -0.1) is 0 Å². The van der Waals surface area contributed by atoms with Crippen LogP contribution in [0.2, 0.25) is 0 Å². The van der Waals surface area contributed by atoms with Gasteiger partial charge in [-0.05, 0) is 96.3 Å². The van der Waals surface area contributed by atoms with Gasteiger partial charge in [-0.2, -0.15) is 0 Å². The van der Waals surface area contributed by atoms with Crippen LogP contribution in [0.3, 0.4) is 0 Å². The molecule has 0 aromatic carbocycles. The predicted octanol–water partition coefficient (Wildman–Crippen LogP) is 20.7. The van der Waals surface area contributed by atoms with E-state index in [9.17, 15) is 14.4 Å². The van der Waals surface area contributed by atoms with Gasteiger partial charge in [-0.25, -0.2) is 0 Å². The van der Waals surface area contributed by atoms with Gasteiger partial charge in [0.2, 0.25) is 0 Å². The molecular weight excluding hydrogens is 889 g/mol. The van der Waals surface area contributed by atoms with Crippen LogP contribution in [0.4, 0.5) is 0 Å². The maximum atomic E-state index is 12.9. The Balaban J connectivity index is 4.26. The first-order valence-electron chi connectivity index (χ1n) is 30.6. The largest absolute Gasteiger partial charge is 0.462 e. The lowest BCUT2D eigenvalue weighted by Gasteiger charge is -2.18. The number of allylic oxidation sites excluding steroid dienone is 14. The highest BCUT2D eigenvalue weighted by Crippen LogP contribution is 2.16. The van der Waals surface area contributed by atoms with Gasteiger partial charge in [0.05, 0.1) is 0 Å². The number of unbranched alkanes of at least 4 members (excludes halogenated alkanes) is 30. The Morgan fingerprint density at radius 1 is 0.292 bits per heavy atom. The second-order valence-corrected chi connectivity index (χ2v) is 20.2. The van der Waals surface area contributed by atoms with Crippen molar-refractivity contribution in [2.45, 2.75) is 303 Å². The van der Waals surface area contributed by atoms with Crippen molar-refractivity contribution in [2.24, 2.45) is 0 Å². The van der Waals surface area contributed by atoms with E-state index in [0.29, 0.717) is 19.3 Å². The normalized spacial score (nSPS) is 12.7. The van der Waals surface area contributed by atoms with Crippen LogP contribution in [0, 0.1) is 0 Å². The molecule has 0 aliphatic heterocycles. The van der Waals surface area contributed by atoms with E-state index < -0.39 is 6.10 Å². The number of hydrogen-bond donors (Lipinski definition) is 0. The molecule has 6 nitrogen and oxygen atoms in total. The van der Waals surface area contributed by atoms with Crippen LogP contribution < -0.4 is 0 Å². The number of hydrogen-bond acceptors (Lipinski definition) is 6. The van der Waals surface area contributed by atoms with Crippen molar-refractivity contribution >= 4 is 17.9 Å². The summed E-state index contributed by atoms with van der Waals surface area (Å²) in [5.74, 6) is -0.906. The minimum Gasteiger partial charge on any atom is -0.462 e. The summed E-state index contributed by atoms with van der Waals surface area (Å²) in [5, 5.41) is 0. The summed E-state index contributed by atoms with van der Waals surface area (Å²) in [7, 11) is 0. The molecule has 0 amide bonds. The van der Waals surface area contributed by atoms with E-state index >= 15 is 0 Å². The molecule has 414 valence electrons. The van der Waals surface area contributed by atoms with Crippen molar-refractivity contribution in [3.63, 3.8) is 0 Å². The van der Waals surface area contributed by atoms with Crippen LogP contribution in [0.15, 0.2) is 85.1 Å². The monoisotopic (exact) mass is 1000 g/mol. The minimum absolute atomic E-state index is 0.0834. The van der Waals surface area contributed by atoms with Crippen molar-refractivity contribution in [3.8, 4) is 0 Å². The quantitative estimate of drug-likeness (QED) is 0.0261.